The smallest absolute Gasteiger partial charge is 0.253 e. The lowest BCUT2D eigenvalue weighted by Crippen LogP contribution is -2.35. The molecule has 92 valence electrons. The van der Waals surface area contributed by atoms with Crippen molar-refractivity contribution in [2.75, 3.05) is 0 Å². The number of benzene rings is 1. The first-order valence-electron chi connectivity index (χ1n) is 4.95. The number of halogens is 2. The van der Waals surface area contributed by atoms with Crippen molar-refractivity contribution in [2.45, 2.75) is 19.4 Å². The second kappa shape index (κ2) is 6.33. The summed E-state index contributed by atoms with van der Waals surface area (Å²) in [5.74, 6) is -0.236. The van der Waals surface area contributed by atoms with E-state index in [4.69, 9.17) is 29.6 Å². The highest BCUT2D eigenvalue weighted by molar-refractivity contribution is 9.10. The molecule has 0 aliphatic heterocycles. The Morgan fingerprint density at radius 3 is 2.88 bits per heavy atom. The van der Waals surface area contributed by atoms with Gasteiger partial charge in [-0.15, -0.1) is 0 Å². The summed E-state index contributed by atoms with van der Waals surface area (Å²) in [5.41, 5.74) is 5.84. The lowest BCUT2D eigenvalue weighted by atomic mass is 10.2. The van der Waals surface area contributed by atoms with E-state index in [1.165, 1.54) is 0 Å². The number of amides is 1. The molecule has 0 aliphatic rings. The lowest BCUT2D eigenvalue weighted by molar-refractivity contribution is 0.0941. The van der Waals surface area contributed by atoms with E-state index in [-0.39, 0.29) is 11.9 Å². The summed E-state index contributed by atoms with van der Waals surface area (Å²) < 4.78 is 0.689. The Balaban J connectivity index is 2.77. The van der Waals surface area contributed by atoms with E-state index in [2.05, 4.69) is 21.2 Å². The van der Waals surface area contributed by atoms with E-state index >= 15 is 0 Å². The molecule has 0 bridgehead atoms. The fraction of sp³-hybridized carbons (Fsp3) is 0.273. The monoisotopic (exact) mass is 334 g/mol. The molecule has 0 spiro atoms. The van der Waals surface area contributed by atoms with Gasteiger partial charge < -0.3 is 11.1 Å². The van der Waals surface area contributed by atoms with Crippen LogP contribution in [-0.2, 0) is 0 Å². The number of hydrogen-bond acceptors (Lipinski definition) is 2. The van der Waals surface area contributed by atoms with Crippen LogP contribution in [0.4, 0.5) is 0 Å². The third-order valence-corrected chi connectivity index (χ3v) is 3.54. The first-order valence-corrected chi connectivity index (χ1v) is 6.53. The maximum Gasteiger partial charge on any atom is 0.253 e. The van der Waals surface area contributed by atoms with Gasteiger partial charge >= 0.3 is 0 Å². The predicted molar refractivity (Wildman–Crippen MR) is 77.5 cm³/mol. The minimum absolute atomic E-state index is 0.116. The summed E-state index contributed by atoms with van der Waals surface area (Å²) in [6, 6.07) is 5.08. The largest absolute Gasteiger partial charge is 0.393 e. The molecule has 1 amide bonds. The minimum atomic E-state index is -0.236. The van der Waals surface area contributed by atoms with Gasteiger partial charge in [-0.1, -0.05) is 29.9 Å². The third kappa shape index (κ3) is 4.26. The van der Waals surface area contributed by atoms with Crippen molar-refractivity contribution >= 4 is 50.6 Å². The standard InChI is InChI=1S/C11H12BrClN2OS/c1-6(5-9(14)17)15-11(16)7-3-2-4-8(12)10(7)13/h2-4,6H,5H2,1H3,(H2,14,17)(H,15,16). The number of rotatable bonds is 4. The van der Waals surface area contributed by atoms with Crippen LogP contribution in [-0.4, -0.2) is 16.9 Å². The Morgan fingerprint density at radius 1 is 1.65 bits per heavy atom. The second-order valence-electron chi connectivity index (χ2n) is 3.65. The van der Waals surface area contributed by atoms with E-state index in [1.807, 2.05) is 6.92 Å². The maximum atomic E-state index is 11.9. The predicted octanol–water partition coefficient (Wildman–Crippen LogP) is 2.90. The molecular weight excluding hydrogens is 324 g/mol. The number of hydrogen-bond donors (Lipinski definition) is 2. The van der Waals surface area contributed by atoms with Crippen molar-refractivity contribution in [3.8, 4) is 0 Å². The van der Waals surface area contributed by atoms with Gasteiger partial charge in [-0.05, 0) is 35.0 Å². The van der Waals surface area contributed by atoms with Gasteiger partial charge in [0.1, 0.15) is 0 Å². The van der Waals surface area contributed by atoms with E-state index in [9.17, 15) is 4.79 Å². The van der Waals surface area contributed by atoms with Crippen LogP contribution in [0.5, 0.6) is 0 Å². The summed E-state index contributed by atoms with van der Waals surface area (Å²) in [6.45, 7) is 1.84. The molecule has 3 nitrogen and oxygen atoms in total. The van der Waals surface area contributed by atoms with Gasteiger partial charge in [0.25, 0.3) is 5.91 Å². The molecule has 1 unspecified atom stereocenters. The highest BCUT2D eigenvalue weighted by Crippen LogP contribution is 2.25. The zero-order valence-electron chi connectivity index (χ0n) is 9.17. The van der Waals surface area contributed by atoms with Crippen LogP contribution in [0, 0.1) is 0 Å². The fourth-order valence-corrected chi connectivity index (χ4v) is 2.16. The van der Waals surface area contributed by atoms with E-state index in [1.54, 1.807) is 18.2 Å². The molecule has 1 aromatic carbocycles. The molecule has 0 saturated carbocycles. The Hall–Kier alpha value is -0.650. The summed E-state index contributed by atoms with van der Waals surface area (Å²) in [4.78, 5) is 12.3. The third-order valence-electron chi connectivity index (χ3n) is 2.08. The SMILES string of the molecule is CC(CC(N)=S)NC(=O)c1cccc(Br)c1Cl. The molecule has 0 radical (unpaired) electrons. The average Bonchev–Trinajstić information content (AvgIpc) is 2.20. The Labute approximate surface area is 119 Å². The van der Waals surface area contributed by atoms with Gasteiger partial charge in [0.2, 0.25) is 0 Å². The second-order valence-corrected chi connectivity index (χ2v) is 5.40. The normalized spacial score (nSPS) is 11.9. The number of thiocarbonyl (C=S) groups is 1. The van der Waals surface area contributed by atoms with Crippen LogP contribution < -0.4 is 11.1 Å². The molecule has 0 saturated heterocycles. The van der Waals surface area contributed by atoms with Gasteiger partial charge in [-0.25, -0.2) is 0 Å². The van der Waals surface area contributed by atoms with Crippen LogP contribution in [0.3, 0.4) is 0 Å². The molecule has 0 heterocycles. The summed E-state index contributed by atoms with van der Waals surface area (Å²) >= 11 is 14.1. The highest BCUT2D eigenvalue weighted by atomic mass is 79.9. The first-order chi connectivity index (χ1) is 7.91. The number of nitrogens with one attached hydrogen (secondary N) is 1. The van der Waals surface area contributed by atoms with E-state index in [0.29, 0.717) is 26.5 Å². The van der Waals surface area contributed by atoms with Crippen LogP contribution in [0.2, 0.25) is 5.02 Å². The first kappa shape index (κ1) is 14.4. The van der Waals surface area contributed by atoms with E-state index < -0.39 is 0 Å². The van der Waals surface area contributed by atoms with Gasteiger partial charge in [-0.2, -0.15) is 0 Å². The summed E-state index contributed by atoms with van der Waals surface area (Å²) in [5, 5.41) is 3.18. The molecule has 17 heavy (non-hydrogen) atoms. The Morgan fingerprint density at radius 2 is 2.29 bits per heavy atom. The molecule has 0 aromatic heterocycles. The van der Waals surface area contributed by atoms with Crippen LogP contribution in [0.25, 0.3) is 0 Å². The summed E-state index contributed by atoms with van der Waals surface area (Å²) in [7, 11) is 0. The molecule has 0 fully saturated rings. The zero-order valence-corrected chi connectivity index (χ0v) is 12.3. The van der Waals surface area contributed by atoms with Crippen molar-refractivity contribution < 1.29 is 4.79 Å². The van der Waals surface area contributed by atoms with Crippen molar-refractivity contribution in [1.82, 2.24) is 5.32 Å². The van der Waals surface area contributed by atoms with Crippen LogP contribution in [0.15, 0.2) is 22.7 Å². The van der Waals surface area contributed by atoms with Gasteiger partial charge in [-0.3, -0.25) is 4.79 Å². The van der Waals surface area contributed by atoms with Crippen molar-refractivity contribution in [3.05, 3.63) is 33.3 Å². The highest BCUT2D eigenvalue weighted by Gasteiger charge is 2.14. The molecule has 1 rings (SSSR count). The zero-order chi connectivity index (χ0) is 13.0. The van der Waals surface area contributed by atoms with Gasteiger partial charge in [0.05, 0.1) is 15.6 Å². The lowest BCUT2D eigenvalue weighted by Gasteiger charge is -2.13. The molecule has 0 aliphatic carbocycles. The quantitative estimate of drug-likeness (QED) is 0.832. The van der Waals surface area contributed by atoms with Crippen molar-refractivity contribution in [3.63, 3.8) is 0 Å². The molecule has 3 N–H and O–H groups in total. The number of carbonyl (C=O) groups excluding carboxylic acids is 1. The van der Waals surface area contributed by atoms with Gasteiger partial charge in [0, 0.05) is 16.9 Å². The minimum Gasteiger partial charge on any atom is -0.393 e. The van der Waals surface area contributed by atoms with E-state index in [0.717, 1.165) is 0 Å². The Kier molecular flexibility index (Phi) is 5.36. The average molecular weight is 336 g/mol. The van der Waals surface area contributed by atoms with Crippen molar-refractivity contribution in [2.24, 2.45) is 5.73 Å². The summed E-state index contributed by atoms with van der Waals surface area (Å²) in [6.07, 6.45) is 0.465. The van der Waals surface area contributed by atoms with Crippen LogP contribution in [0.1, 0.15) is 23.7 Å². The Bertz CT molecular complexity index is 453. The molecular formula is C11H12BrClN2OS. The molecule has 1 atom stereocenters. The topological polar surface area (TPSA) is 55.1 Å². The number of carbonyl (C=O) groups is 1. The fourth-order valence-electron chi connectivity index (χ4n) is 1.33. The molecule has 1 aromatic rings. The van der Waals surface area contributed by atoms with Gasteiger partial charge in [0.15, 0.2) is 0 Å². The number of nitrogens with two attached hydrogens (primary N) is 1. The maximum absolute atomic E-state index is 11.9. The molecule has 6 heteroatoms. The van der Waals surface area contributed by atoms with Crippen LogP contribution >= 0.6 is 39.7 Å². The van der Waals surface area contributed by atoms with Crippen molar-refractivity contribution in [1.29, 1.82) is 0 Å².